The van der Waals surface area contributed by atoms with Gasteiger partial charge in [-0.25, -0.2) is 0 Å². The van der Waals surface area contributed by atoms with E-state index in [9.17, 15) is 9.90 Å². The number of carbonyl (C=O) groups is 1. The predicted molar refractivity (Wildman–Crippen MR) is 64.7 cm³/mol. The Kier molecular flexibility index (Phi) is 3.50. The Bertz CT molecular complexity index is 267. The molecule has 92 valence electrons. The molecule has 2 N–H and O–H groups in total. The topological polar surface area (TPSA) is 57.5 Å². The van der Waals surface area contributed by atoms with E-state index in [1.165, 1.54) is 0 Å². The lowest BCUT2D eigenvalue weighted by Crippen LogP contribution is -2.28. The van der Waals surface area contributed by atoms with Crippen LogP contribution in [0.1, 0.15) is 44.9 Å². The van der Waals surface area contributed by atoms with Gasteiger partial charge in [-0.2, -0.15) is 11.8 Å². The van der Waals surface area contributed by atoms with Crippen molar-refractivity contribution in [3.63, 3.8) is 0 Å². The van der Waals surface area contributed by atoms with Gasteiger partial charge in [0, 0.05) is 5.75 Å². The van der Waals surface area contributed by atoms with Crippen LogP contribution in [0.4, 0.5) is 0 Å². The van der Waals surface area contributed by atoms with Crippen molar-refractivity contribution in [2.24, 2.45) is 5.41 Å². The maximum atomic E-state index is 10.7. The molecule has 2 fully saturated rings. The molecule has 2 saturated carbocycles. The van der Waals surface area contributed by atoms with Gasteiger partial charge >= 0.3 is 5.97 Å². The maximum absolute atomic E-state index is 10.7. The number of rotatable bonds is 6. The highest BCUT2D eigenvalue weighted by Gasteiger charge is 2.44. The summed E-state index contributed by atoms with van der Waals surface area (Å²) in [5.41, 5.74) is -0.393. The van der Waals surface area contributed by atoms with Crippen molar-refractivity contribution >= 4 is 17.7 Å². The molecule has 0 aromatic heterocycles. The van der Waals surface area contributed by atoms with E-state index in [1.807, 2.05) is 0 Å². The lowest BCUT2D eigenvalue weighted by Gasteiger charge is -2.22. The minimum Gasteiger partial charge on any atom is -0.481 e. The standard InChI is InChI=1S/C12H20O3S/c13-10(14)7-11(5-6-11)8-16-9-12(15)3-1-2-4-12/h15H,1-9H2,(H,13,14). The fraction of sp³-hybridized carbons (Fsp3) is 0.917. The highest BCUT2D eigenvalue weighted by Crippen LogP contribution is 2.51. The minimum atomic E-state index is -0.683. The molecule has 3 nitrogen and oxygen atoms in total. The van der Waals surface area contributed by atoms with Crippen molar-refractivity contribution in [1.82, 2.24) is 0 Å². The van der Waals surface area contributed by atoms with Crippen LogP contribution in [0.25, 0.3) is 0 Å². The van der Waals surface area contributed by atoms with E-state index in [-0.39, 0.29) is 5.41 Å². The third-order valence-electron chi connectivity index (χ3n) is 3.80. The van der Waals surface area contributed by atoms with Gasteiger partial charge in [-0.05, 0) is 36.9 Å². The molecule has 0 amide bonds. The Morgan fingerprint density at radius 1 is 1.12 bits per heavy atom. The summed E-state index contributed by atoms with van der Waals surface area (Å²) in [6, 6.07) is 0. The molecule has 0 aromatic carbocycles. The van der Waals surface area contributed by atoms with Crippen LogP contribution in [0.3, 0.4) is 0 Å². The number of carboxylic acids is 1. The highest BCUT2D eigenvalue weighted by atomic mass is 32.2. The van der Waals surface area contributed by atoms with Crippen LogP contribution in [0.15, 0.2) is 0 Å². The summed E-state index contributed by atoms with van der Waals surface area (Å²) in [6.45, 7) is 0. The third kappa shape index (κ3) is 3.14. The molecule has 16 heavy (non-hydrogen) atoms. The number of aliphatic carboxylic acids is 1. The third-order valence-corrected chi connectivity index (χ3v) is 5.35. The Balaban J connectivity index is 1.69. The first-order valence-electron chi connectivity index (χ1n) is 6.06. The molecule has 2 aliphatic carbocycles. The van der Waals surface area contributed by atoms with Crippen molar-refractivity contribution in [3.05, 3.63) is 0 Å². The van der Waals surface area contributed by atoms with Gasteiger partial charge in [-0.15, -0.1) is 0 Å². The lowest BCUT2D eigenvalue weighted by molar-refractivity contribution is -0.138. The summed E-state index contributed by atoms with van der Waals surface area (Å²) >= 11 is 1.75. The number of thioether (sulfide) groups is 1. The molecule has 0 unspecified atom stereocenters. The molecule has 0 saturated heterocycles. The van der Waals surface area contributed by atoms with Crippen molar-refractivity contribution in [2.75, 3.05) is 11.5 Å². The van der Waals surface area contributed by atoms with E-state index in [1.54, 1.807) is 11.8 Å². The van der Waals surface area contributed by atoms with Crippen molar-refractivity contribution < 1.29 is 15.0 Å². The van der Waals surface area contributed by atoms with Crippen LogP contribution in [-0.2, 0) is 4.79 Å². The fourth-order valence-electron chi connectivity index (χ4n) is 2.50. The van der Waals surface area contributed by atoms with Gasteiger partial charge in [-0.3, -0.25) is 4.79 Å². The van der Waals surface area contributed by atoms with E-state index < -0.39 is 11.6 Å². The van der Waals surface area contributed by atoms with Gasteiger partial charge in [0.05, 0.1) is 12.0 Å². The molecule has 0 spiro atoms. The molecular formula is C12H20O3S. The zero-order chi connectivity index (χ0) is 11.6. The van der Waals surface area contributed by atoms with Crippen LogP contribution >= 0.6 is 11.8 Å². The molecular weight excluding hydrogens is 224 g/mol. The second-order valence-corrected chi connectivity index (χ2v) is 6.48. The predicted octanol–water partition coefficient (Wildman–Crippen LogP) is 2.28. The summed E-state index contributed by atoms with van der Waals surface area (Å²) in [7, 11) is 0. The quantitative estimate of drug-likeness (QED) is 0.752. The number of hydrogen-bond acceptors (Lipinski definition) is 3. The number of hydrogen-bond donors (Lipinski definition) is 2. The zero-order valence-electron chi connectivity index (χ0n) is 9.57. The summed E-state index contributed by atoms with van der Waals surface area (Å²) in [6.07, 6.45) is 6.51. The van der Waals surface area contributed by atoms with Gasteiger partial charge in [0.15, 0.2) is 0 Å². The largest absolute Gasteiger partial charge is 0.481 e. The second kappa shape index (κ2) is 4.57. The molecule has 0 bridgehead atoms. The highest BCUT2D eigenvalue weighted by molar-refractivity contribution is 7.99. The normalized spacial score (nSPS) is 25.6. The van der Waals surface area contributed by atoms with Crippen LogP contribution < -0.4 is 0 Å². The average molecular weight is 244 g/mol. The first kappa shape index (κ1) is 12.2. The molecule has 4 heteroatoms. The second-order valence-electron chi connectivity index (χ2n) is 5.49. The summed E-state index contributed by atoms with van der Waals surface area (Å²) in [4.78, 5) is 10.7. The molecule has 0 aromatic rings. The Morgan fingerprint density at radius 2 is 1.75 bits per heavy atom. The van der Waals surface area contributed by atoms with E-state index >= 15 is 0 Å². The summed E-state index contributed by atoms with van der Waals surface area (Å²) < 4.78 is 0. The number of carboxylic acid groups (broad SMARTS) is 1. The zero-order valence-corrected chi connectivity index (χ0v) is 10.4. The molecule has 0 radical (unpaired) electrons. The van der Waals surface area contributed by atoms with Crippen LogP contribution in [0.2, 0.25) is 0 Å². The van der Waals surface area contributed by atoms with Crippen molar-refractivity contribution in [1.29, 1.82) is 0 Å². The van der Waals surface area contributed by atoms with E-state index in [0.717, 1.165) is 50.0 Å². The molecule has 0 atom stereocenters. The smallest absolute Gasteiger partial charge is 0.303 e. The van der Waals surface area contributed by atoms with Crippen LogP contribution in [-0.4, -0.2) is 33.3 Å². The van der Waals surface area contributed by atoms with Gasteiger partial charge in [0.1, 0.15) is 0 Å². The van der Waals surface area contributed by atoms with Crippen LogP contribution in [0, 0.1) is 5.41 Å². The lowest BCUT2D eigenvalue weighted by atomic mass is 10.1. The van der Waals surface area contributed by atoms with E-state index in [2.05, 4.69) is 0 Å². The van der Waals surface area contributed by atoms with Crippen LogP contribution in [0.5, 0.6) is 0 Å². The monoisotopic (exact) mass is 244 g/mol. The minimum absolute atomic E-state index is 0.0610. The Labute approximate surface area is 101 Å². The van der Waals surface area contributed by atoms with Crippen molar-refractivity contribution in [3.8, 4) is 0 Å². The number of aliphatic hydroxyl groups is 1. The summed E-state index contributed by atoms with van der Waals surface area (Å²) in [5.74, 6) is 1.01. The summed E-state index contributed by atoms with van der Waals surface area (Å²) in [5, 5.41) is 18.9. The van der Waals surface area contributed by atoms with E-state index in [0.29, 0.717) is 6.42 Å². The average Bonchev–Trinajstić information content (AvgIpc) is 2.78. The SMILES string of the molecule is O=C(O)CC1(CSCC2(O)CCCC2)CC1. The first-order chi connectivity index (χ1) is 7.54. The molecule has 2 aliphatic rings. The van der Waals surface area contributed by atoms with Gasteiger partial charge in [0.2, 0.25) is 0 Å². The molecule has 0 aliphatic heterocycles. The maximum Gasteiger partial charge on any atom is 0.303 e. The van der Waals surface area contributed by atoms with Gasteiger partial charge < -0.3 is 10.2 Å². The fourth-order valence-corrected chi connectivity index (χ4v) is 4.10. The van der Waals surface area contributed by atoms with Crippen molar-refractivity contribution in [2.45, 2.75) is 50.5 Å². The molecule has 0 heterocycles. The molecule has 2 rings (SSSR count). The van der Waals surface area contributed by atoms with Gasteiger partial charge in [0.25, 0.3) is 0 Å². The first-order valence-corrected chi connectivity index (χ1v) is 7.21. The Hall–Kier alpha value is -0.220. The van der Waals surface area contributed by atoms with Gasteiger partial charge in [-0.1, -0.05) is 12.8 Å². The Morgan fingerprint density at radius 3 is 2.25 bits per heavy atom. The van der Waals surface area contributed by atoms with E-state index in [4.69, 9.17) is 5.11 Å².